The zero-order valence-corrected chi connectivity index (χ0v) is 18.6. The van der Waals surface area contributed by atoms with E-state index in [2.05, 4.69) is 9.39 Å². The number of nitrogens with one attached hydrogen (secondary N) is 1. The Bertz CT molecular complexity index is 1360. The van der Waals surface area contributed by atoms with Gasteiger partial charge in [-0.15, -0.1) is 0 Å². The molecule has 12 heteroatoms. The monoisotopic (exact) mass is 486 g/mol. The molecule has 9 nitrogen and oxygen atoms in total. The van der Waals surface area contributed by atoms with Crippen molar-refractivity contribution in [3.8, 4) is 5.75 Å². The average molecular weight is 487 g/mol. The molecule has 1 amide bonds. The third-order valence-corrected chi connectivity index (χ3v) is 7.04. The summed E-state index contributed by atoms with van der Waals surface area (Å²) in [7, 11) is -3.73. The summed E-state index contributed by atoms with van der Waals surface area (Å²) in [6.45, 7) is 1.46. The molecule has 168 valence electrons. The fourth-order valence-electron chi connectivity index (χ4n) is 2.88. The summed E-state index contributed by atoms with van der Waals surface area (Å²) in [5.41, 5.74) is 0.559. The summed E-state index contributed by atoms with van der Waals surface area (Å²) in [6, 6.07) is 11.0. The van der Waals surface area contributed by atoms with Crippen molar-refractivity contribution in [1.82, 2.24) is 4.90 Å². The lowest BCUT2D eigenvalue weighted by atomic mass is 10.1. The average Bonchev–Trinajstić information content (AvgIpc) is 3.23. The smallest absolute Gasteiger partial charge is 0.343 e. The van der Waals surface area contributed by atoms with E-state index in [0.29, 0.717) is 5.56 Å². The summed E-state index contributed by atoms with van der Waals surface area (Å²) >= 11 is 0.726. The number of fused-ring (bicyclic) bond motifs is 1. The maximum Gasteiger partial charge on any atom is 0.343 e. The van der Waals surface area contributed by atoms with E-state index in [1.807, 2.05) is 0 Å². The van der Waals surface area contributed by atoms with Crippen LogP contribution in [0.5, 0.6) is 5.75 Å². The Morgan fingerprint density at radius 3 is 2.48 bits per heavy atom. The molecule has 0 aromatic heterocycles. The second-order valence-electron chi connectivity index (χ2n) is 6.78. The minimum Gasteiger partial charge on any atom is -0.423 e. The van der Waals surface area contributed by atoms with Gasteiger partial charge < -0.3 is 4.74 Å². The molecule has 0 aliphatic carbocycles. The van der Waals surface area contributed by atoms with Crippen molar-refractivity contribution in [2.75, 3.05) is 5.75 Å². The van der Waals surface area contributed by atoms with Crippen molar-refractivity contribution in [2.45, 2.75) is 6.92 Å². The third kappa shape index (κ3) is 4.47. The molecule has 2 aliphatic rings. The van der Waals surface area contributed by atoms with Crippen LogP contribution in [0.15, 0.2) is 63.5 Å². The van der Waals surface area contributed by atoms with Crippen LogP contribution in [-0.4, -0.2) is 47.1 Å². The number of esters is 1. The minimum atomic E-state index is -3.73. The highest BCUT2D eigenvalue weighted by Crippen LogP contribution is 2.30. The Morgan fingerprint density at radius 2 is 1.85 bits per heavy atom. The van der Waals surface area contributed by atoms with Crippen LogP contribution in [0.2, 0.25) is 0 Å². The number of amides is 1. The number of carbonyl (C=O) groups is 2. The van der Waals surface area contributed by atoms with Gasteiger partial charge in [-0.05, 0) is 48.0 Å². The summed E-state index contributed by atoms with van der Waals surface area (Å²) in [5, 5.41) is 8.06. The Kier molecular flexibility index (Phi) is 5.95. The van der Waals surface area contributed by atoms with Crippen LogP contribution in [0.3, 0.4) is 0 Å². The predicted octanol–water partition coefficient (Wildman–Crippen LogP) is 3.06. The van der Waals surface area contributed by atoms with Crippen LogP contribution >= 0.6 is 11.9 Å². The number of benzene rings is 2. The maximum atomic E-state index is 13.0. The summed E-state index contributed by atoms with van der Waals surface area (Å²) in [5.74, 6) is -2.18. The van der Waals surface area contributed by atoms with Gasteiger partial charge in [0.2, 0.25) is 20.2 Å². The van der Waals surface area contributed by atoms with Gasteiger partial charge in [-0.1, -0.05) is 19.1 Å². The van der Waals surface area contributed by atoms with Gasteiger partial charge in [0.05, 0.1) is 28.8 Å². The van der Waals surface area contributed by atoms with Gasteiger partial charge in [0, 0.05) is 0 Å². The maximum absolute atomic E-state index is 13.0. The van der Waals surface area contributed by atoms with E-state index < -0.39 is 27.5 Å². The lowest BCUT2D eigenvalue weighted by Crippen LogP contribution is -2.45. The number of ether oxygens (including phenoxy) is 1. The van der Waals surface area contributed by atoms with Crippen molar-refractivity contribution in [3.05, 3.63) is 71.0 Å². The molecule has 0 saturated carbocycles. The number of carbonyl (C=O) groups excluding carboxylic acids is 2. The summed E-state index contributed by atoms with van der Waals surface area (Å²) in [4.78, 5) is 29.5. The molecule has 0 saturated heterocycles. The Hall–Kier alpha value is -3.64. The van der Waals surface area contributed by atoms with Gasteiger partial charge >= 0.3 is 5.97 Å². The lowest BCUT2D eigenvalue weighted by molar-refractivity contribution is -0.114. The molecular formula is C21H15FN4O5S2. The molecule has 1 N–H and O–H groups in total. The van der Waals surface area contributed by atoms with Crippen molar-refractivity contribution in [1.29, 1.82) is 5.41 Å². The molecule has 33 heavy (non-hydrogen) atoms. The van der Waals surface area contributed by atoms with E-state index in [0.717, 1.165) is 29.0 Å². The number of rotatable bonds is 4. The highest BCUT2D eigenvalue weighted by molar-refractivity contribution is 8.16. The Morgan fingerprint density at radius 1 is 1.18 bits per heavy atom. The van der Waals surface area contributed by atoms with E-state index in [4.69, 9.17) is 10.1 Å². The first-order chi connectivity index (χ1) is 15.7. The van der Waals surface area contributed by atoms with Crippen LogP contribution in [0.1, 0.15) is 22.8 Å². The van der Waals surface area contributed by atoms with Crippen LogP contribution in [0.25, 0.3) is 6.08 Å². The molecular weight excluding hydrogens is 471 g/mol. The van der Waals surface area contributed by atoms with Crippen LogP contribution in [0.4, 0.5) is 4.39 Å². The van der Waals surface area contributed by atoms with Crippen molar-refractivity contribution in [3.63, 3.8) is 0 Å². The molecule has 2 aromatic carbocycles. The van der Waals surface area contributed by atoms with E-state index in [-0.39, 0.29) is 38.8 Å². The Labute approximate surface area is 192 Å². The topological polar surface area (TPSA) is 129 Å². The number of aliphatic imine (C=N–C) groups is 1. The molecule has 0 spiro atoms. The first-order valence-electron chi connectivity index (χ1n) is 9.49. The first-order valence-corrected chi connectivity index (χ1v) is 11.9. The number of hydrogen-bond acceptors (Lipinski definition) is 8. The van der Waals surface area contributed by atoms with Gasteiger partial charge in [-0.3, -0.25) is 10.2 Å². The van der Waals surface area contributed by atoms with E-state index in [9.17, 15) is 22.4 Å². The number of halogens is 1. The second kappa shape index (κ2) is 8.71. The number of sulfone groups is 1. The summed E-state index contributed by atoms with van der Waals surface area (Å²) in [6.07, 6.45) is 1.38. The Balaban J connectivity index is 1.55. The molecule has 0 fully saturated rings. The number of amidine groups is 3. The van der Waals surface area contributed by atoms with Crippen molar-refractivity contribution >= 4 is 55.9 Å². The predicted molar refractivity (Wildman–Crippen MR) is 122 cm³/mol. The van der Waals surface area contributed by atoms with Gasteiger partial charge in [0.15, 0.2) is 0 Å². The number of hydrogen-bond donors (Lipinski definition) is 1. The molecule has 0 radical (unpaired) electrons. The van der Waals surface area contributed by atoms with Gasteiger partial charge in [-0.2, -0.15) is 9.39 Å². The molecule has 4 rings (SSSR count). The molecule has 2 aromatic rings. The van der Waals surface area contributed by atoms with E-state index in [1.54, 1.807) is 12.1 Å². The zero-order chi connectivity index (χ0) is 23.8. The molecule has 0 bridgehead atoms. The van der Waals surface area contributed by atoms with Gasteiger partial charge in [-0.25, -0.2) is 22.5 Å². The zero-order valence-electron chi connectivity index (χ0n) is 17.0. The van der Waals surface area contributed by atoms with Crippen LogP contribution < -0.4 is 4.74 Å². The normalized spacial score (nSPS) is 17.0. The van der Waals surface area contributed by atoms with E-state index in [1.165, 1.54) is 37.3 Å². The van der Waals surface area contributed by atoms with E-state index >= 15 is 0 Å². The summed E-state index contributed by atoms with van der Waals surface area (Å²) < 4.78 is 46.7. The van der Waals surface area contributed by atoms with Crippen molar-refractivity contribution in [2.24, 2.45) is 9.39 Å². The number of nitrogens with zero attached hydrogens (tertiary/aromatic N) is 3. The second-order valence-corrected chi connectivity index (χ2v) is 9.68. The van der Waals surface area contributed by atoms with Gasteiger partial charge in [0.25, 0.3) is 5.91 Å². The third-order valence-electron chi connectivity index (χ3n) is 4.63. The standard InChI is InChI=1S/C21H15FN4O5S2/c1-2-33(29,30)21-25-32-20-24-18(27)16(17(23)26(20)21)11-12-3-9-15(10-4-12)31-19(28)13-5-7-14(22)8-6-13/h3-11,23H,2H2,1H3/b16-11-,23-17?. The van der Waals surface area contributed by atoms with Gasteiger partial charge in [0.1, 0.15) is 17.4 Å². The van der Waals surface area contributed by atoms with Crippen LogP contribution in [0, 0.1) is 11.2 Å². The fourth-order valence-corrected chi connectivity index (χ4v) is 4.84. The quantitative estimate of drug-likeness (QED) is 0.304. The highest BCUT2D eigenvalue weighted by Gasteiger charge is 2.42. The molecule has 0 unspecified atom stereocenters. The SMILES string of the molecule is CCS(=O)(=O)C1=NSC2=NC(=O)/C(=C\c3ccc(OC(=O)c4ccc(F)cc4)cc3)C(=N)N21. The van der Waals surface area contributed by atoms with Crippen molar-refractivity contribution < 1.29 is 27.1 Å². The largest absolute Gasteiger partial charge is 0.423 e. The fraction of sp³-hybridized carbons (Fsp3) is 0.0952. The lowest BCUT2D eigenvalue weighted by Gasteiger charge is -2.24. The minimum absolute atomic E-state index is 0.0113. The molecule has 0 atom stereocenters. The molecule has 2 aliphatic heterocycles. The first kappa shape index (κ1) is 22.6. The highest BCUT2D eigenvalue weighted by atomic mass is 32.2. The molecule has 2 heterocycles. The van der Waals surface area contributed by atoms with Crippen LogP contribution in [-0.2, 0) is 14.6 Å².